The first-order chi connectivity index (χ1) is 9.08. The Morgan fingerprint density at radius 2 is 2.16 bits per heavy atom. The SMILES string of the molecule is O=C(CCC(=O)N1CCC(C(=O)O)C1)c1cccs1. The largest absolute Gasteiger partial charge is 0.481 e. The first kappa shape index (κ1) is 13.7. The van der Waals surface area contributed by atoms with Crippen molar-refractivity contribution in [3.63, 3.8) is 0 Å². The average Bonchev–Trinajstić information content (AvgIpc) is 3.05. The van der Waals surface area contributed by atoms with Gasteiger partial charge in [0.1, 0.15) is 0 Å². The second-order valence-electron chi connectivity index (χ2n) is 4.56. The lowest BCUT2D eigenvalue weighted by Crippen LogP contribution is -2.30. The van der Waals surface area contributed by atoms with Crippen LogP contribution in [0, 0.1) is 5.92 Å². The zero-order chi connectivity index (χ0) is 13.8. The molecule has 2 rings (SSSR count). The van der Waals surface area contributed by atoms with Gasteiger partial charge in [0.15, 0.2) is 5.78 Å². The number of hydrogen-bond donors (Lipinski definition) is 1. The number of thiophene rings is 1. The van der Waals surface area contributed by atoms with Gasteiger partial charge in [0, 0.05) is 25.9 Å². The van der Waals surface area contributed by atoms with Crippen molar-refractivity contribution in [1.82, 2.24) is 4.90 Å². The van der Waals surface area contributed by atoms with Crippen molar-refractivity contribution < 1.29 is 19.5 Å². The van der Waals surface area contributed by atoms with Gasteiger partial charge >= 0.3 is 5.97 Å². The molecule has 5 nitrogen and oxygen atoms in total. The summed E-state index contributed by atoms with van der Waals surface area (Å²) in [4.78, 5) is 36.6. The Labute approximate surface area is 114 Å². The van der Waals surface area contributed by atoms with Gasteiger partial charge in [-0.1, -0.05) is 6.07 Å². The summed E-state index contributed by atoms with van der Waals surface area (Å²) in [5.41, 5.74) is 0. The molecule has 102 valence electrons. The first-order valence-electron chi connectivity index (χ1n) is 6.15. The molecule has 1 aliphatic heterocycles. The number of Topliss-reactive ketones (excluding diaryl/α,β-unsaturated/α-hetero) is 1. The van der Waals surface area contributed by atoms with Crippen LogP contribution in [0.3, 0.4) is 0 Å². The number of carboxylic acids is 1. The highest BCUT2D eigenvalue weighted by Crippen LogP contribution is 2.18. The molecule has 0 saturated carbocycles. The minimum absolute atomic E-state index is 0.0302. The minimum Gasteiger partial charge on any atom is -0.481 e. The van der Waals surface area contributed by atoms with E-state index in [4.69, 9.17) is 5.11 Å². The van der Waals surface area contributed by atoms with E-state index in [2.05, 4.69) is 0 Å². The molecule has 0 bridgehead atoms. The van der Waals surface area contributed by atoms with Crippen LogP contribution in [-0.2, 0) is 9.59 Å². The number of rotatable bonds is 5. The summed E-state index contributed by atoms with van der Waals surface area (Å²) in [6.45, 7) is 0.740. The summed E-state index contributed by atoms with van der Waals surface area (Å²) < 4.78 is 0. The molecule has 0 aliphatic carbocycles. The van der Waals surface area contributed by atoms with Gasteiger partial charge in [-0.25, -0.2) is 0 Å². The third-order valence-corrected chi connectivity index (χ3v) is 4.16. The van der Waals surface area contributed by atoms with Gasteiger partial charge in [-0.3, -0.25) is 14.4 Å². The van der Waals surface area contributed by atoms with Crippen LogP contribution in [0.4, 0.5) is 0 Å². The summed E-state index contributed by atoms with van der Waals surface area (Å²) >= 11 is 1.37. The summed E-state index contributed by atoms with van der Waals surface area (Å²) in [5, 5.41) is 10.7. The van der Waals surface area contributed by atoms with Crippen molar-refractivity contribution in [2.75, 3.05) is 13.1 Å². The van der Waals surface area contributed by atoms with E-state index in [-0.39, 0.29) is 31.1 Å². The quantitative estimate of drug-likeness (QED) is 0.833. The zero-order valence-corrected chi connectivity index (χ0v) is 11.2. The fraction of sp³-hybridized carbons (Fsp3) is 0.462. The van der Waals surface area contributed by atoms with E-state index < -0.39 is 11.9 Å². The highest BCUT2D eigenvalue weighted by molar-refractivity contribution is 7.12. The molecule has 6 heteroatoms. The van der Waals surface area contributed by atoms with Crippen LogP contribution in [0.25, 0.3) is 0 Å². The molecule has 1 atom stereocenters. The summed E-state index contributed by atoms with van der Waals surface area (Å²) in [6, 6.07) is 3.55. The molecule has 1 unspecified atom stereocenters. The van der Waals surface area contributed by atoms with Crippen LogP contribution in [0.2, 0.25) is 0 Å². The van der Waals surface area contributed by atoms with Gasteiger partial charge in [0.2, 0.25) is 5.91 Å². The predicted octanol–water partition coefficient (Wildman–Crippen LogP) is 1.64. The fourth-order valence-electron chi connectivity index (χ4n) is 2.13. The molecule has 1 fully saturated rings. The molecular formula is C13H15NO4S. The molecule has 1 aromatic rings. The highest BCUT2D eigenvalue weighted by atomic mass is 32.1. The first-order valence-corrected chi connectivity index (χ1v) is 7.03. The Kier molecular flexibility index (Phi) is 4.31. The average molecular weight is 281 g/mol. The van der Waals surface area contributed by atoms with E-state index in [1.54, 1.807) is 17.0 Å². The van der Waals surface area contributed by atoms with Crippen LogP contribution in [0.1, 0.15) is 28.9 Å². The van der Waals surface area contributed by atoms with E-state index in [9.17, 15) is 14.4 Å². The molecule has 1 amide bonds. The number of carbonyl (C=O) groups is 3. The zero-order valence-electron chi connectivity index (χ0n) is 10.4. The lowest BCUT2D eigenvalue weighted by atomic mass is 10.1. The summed E-state index contributed by atoms with van der Waals surface area (Å²) in [6.07, 6.45) is 0.844. The smallest absolute Gasteiger partial charge is 0.308 e. The number of amides is 1. The van der Waals surface area contributed by atoms with Crippen LogP contribution < -0.4 is 0 Å². The Bertz CT molecular complexity index is 483. The van der Waals surface area contributed by atoms with Gasteiger partial charge in [-0.05, 0) is 17.9 Å². The van der Waals surface area contributed by atoms with Gasteiger partial charge in [0.25, 0.3) is 0 Å². The maximum absolute atomic E-state index is 11.9. The Hall–Kier alpha value is -1.69. The fourth-order valence-corrected chi connectivity index (χ4v) is 2.82. The third kappa shape index (κ3) is 3.41. The third-order valence-electron chi connectivity index (χ3n) is 3.25. The topological polar surface area (TPSA) is 74.7 Å². The molecule has 1 N–H and O–H groups in total. The molecule has 1 aliphatic rings. The van der Waals surface area contributed by atoms with Gasteiger partial charge in [0.05, 0.1) is 10.8 Å². The maximum atomic E-state index is 11.9. The van der Waals surface area contributed by atoms with Crippen LogP contribution in [-0.4, -0.2) is 40.8 Å². The molecule has 2 heterocycles. The monoisotopic (exact) mass is 281 g/mol. The highest BCUT2D eigenvalue weighted by Gasteiger charge is 2.30. The van der Waals surface area contributed by atoms with Crippen molar-refractivity contribution >= 4 is 29.0 Å². The molecule has 0 spiro atoms. The number of nitrogens with zero attached hydrogens (tertiary/aromatic N) is 1. The summed E-state index contributed by atoms with van der Waals surface area (Å²) in [5.74, 6) is -1.48. The number of carbonyl (C=O) groups excluding carboxylic acids is 2. The standard InChI is InChI=1S/C13H15NO4S/c15-10(11-2-1-7-19-11)3-4-12(16)14-6-5-9(8-14)13(17)18/h1-2,7,9H,3-6,8H2,(H,17,18). The molecule has 1 aromatic heterocycles. The van der Waals surface area contributed by atoms with Crippen molar-refractivity contribution in [2.24, 2.45) is 5.92 Å². The second kappa shape index (κ2) is 5.97. The number of ketones is 1. The lowest BCUT2D eigenvalue weighted by molar-refractivity contribution is -0.141. The van der Waals surface area contributed by atoms with E-state index in [1.165, 1.54) is 11.3 Å². The number of carboxylic acid groups (broad SMARTS) is 1. The predicted molar refractivity (Wildman–Crippen MR) is 70.2 cm³/mol. The second-order valence-corrected chi connectivity index (χ2v) is 5.51. The minimum atomic E-state index is -0.857. The Morgan fingerprint density at radius 1 is 1.37 bits per heavy atom. The molecule has 0 radical (unpaired) electrons. The molecule has 0 aromatic carbocycles. The van der Waals surface area contributed by atoms with Crippen LogP contribution in [0.15, 0.2) is 17.5 Å². The van der Waals surface area contributed by atoms with Crippen LogP contribution in [0.5, 0.6) is 0 Å². The van der Waals surface area contributed by atoms with Gasteiger partial charge < -0.3 is 10.0 Å². The van der Waals surface area contributed by atoms with E-state index in [0.717, 1.165) is 0 Å². The van der Waals surface area contributed by atoms with E-state index in [0.29, 0.717) is 17.8 Å². The molecule has 19 heavy (non-hydrogen) atoms. The van der Waals surface area contributed by atoms with Gasteiger partial charge in [-0.2, -0.15) is 0 Å². The van der Waals surface area contributed by atoms with Gasteiger partial charge in [-0.15, -0.1) is 11.3 Å². The molecular weight excluding hydrogens is 266 g/mol. The van der Waals surface area contributed by atoms with Crippen molar-refractivity contribution in [3.8, 4) is 0 Å². The maximum Gasteiger partial charge on any atom is 0.308 e. The Balaban J connectivity index is 1.79. The van der Waals surface area contributed by atoms with Crippen molar-refractivity contribution in [1.29, 1.82) is 0 Å². The lowest BCUT2D eigenvalue weighted by Gasteiger charge is -2.15. The van der Waals surface area contributed by atoms with Crippen LogP contribution >= 0.6 is 11.3 Å². The van der Waals surface area contributed by atoms with Crippen molar-refractivity contribution in [2.45, 2.75) is 19.3 Å². The van der Waals surface area contributed by atoms with E-state index in [1.807, 2.05) is 5.38 Å². The number of hydrogen-bond acceptors (Lipinski definition) is 4. The van der Waals surface area contributed by atoms with Crippen molar-refractivity contribution in [3.05, 3.63) is 22.4 Å². The number of aliphatic carboxylic acids is 1. The summed E-state index contributed by atoms with van der Waals surface area (Å²) in [7, 11) is 0. The normalized spacial score (nSPS) is 18.5. The number of likely N-dealkylation sites (tertiary alicyclic amines) is 1. The van der Waals surface area contributed by atoms with E-state index >= 15 is 0 Å². The Morgan fingerprint density at radius 3 is 2.74 bits per heavy atom. The molecule has 1 saturated heterocycles.